The van der Waals surface area contributed by atoms with Gasteiger partial charge >= 0.3 is 18.0 Å². The van der Waals surface area contributed by atoms with Gasteiger partial charge in [0.15, 0.2) is 0 Å². The van der Waals surface area contributed by atoms with E-state index in [0.29, 0.717) is 0 Å². The number of carbonyl (C=O) groups excluding carboxylic acids is 2. The predicted octanol–water partition coefficient (Wildman–Crippen LogP) is -0.972. The van der Waals surface area contributed by atoms with Crippen LogP contribution in [0.1, 0.15) is 6.92 Å². The van der Waals surface area contributed by atoms with Gasteiger partial charge in [0.1, 0.15) is 12.6 Å². The highest BCUT2D eigenvalue weighted by molar-refractivity contribution is 5.88. The molecule has 1 aliphatic rings. The summed E-state index contributed by atoms with van der Waals surface area (Å²) in [5, 5.41) is 10.9. The van der Waals surface area contributed by atoms with Crippen molar-refractivity contribution in [2.24, 2.45) is 0 Å². The molecule has 0 aromatic carbocycles. The highest BCUT2D eigenvalue weighted by Gasteiger charge is 2.34. The summed E-state index contributed by atoms with van der Waals surface area (Å²) in [7, 11) is 0. The van der Waals surface area contributed by atoms with Crippen LogP contribution in [0.3, 0.4) is 0 Å². The smallest absolute Gasteiger partial charge is 0.328 e. The number of nitrogens with one attached hydrogen (secondary N) is 1. The molecule has 0 radical (unpaired) electrons. The highest BCUT2D eigenvalue weighted by atomic mass is 16.5. The van der Waals surface area contributed by atoms with E-state index in [1.807, 2.05) is 0 Å². The molecule has 7 nitrogen and oxygen atoms in total. The molecular weight excluding hydrogens is 204 g/mol. The zero-order valence-electron chi connectivity index (χ0n) is 8.23. The molecule has 0 aromatic heterocycles. The van der Waals surface area contributed by atoms with Crippen molar-refractivity contribution in [3.05, 3.63) is 0 Å². The minimum Gasteiger partial charge on any atom is -0.480 e. The predicted molar refractivity (Wildman–Crippen MR) is 48.2 cm³/mol. The number of esters is 1. The van der Waals surface area contributed by atoms with E-state index in [-0.39, 0.29) is 19.7 Å². The lowest BCUT2D eigenvalue weighted by molar-refractivity contribution is -0.144. The van der Waals surface area contributed by atoms with Gasteiger partial charge in [-0.2, -0.15) is 0 Å². The van der Waals surface area contributed by atoms with Crippen molar-refractivity contribution >= 4 is 18.0 Å². The summed E-state index contributed by atoms with van der Waals surface area (Å²) in [6.45, 7) is 1.65. The molecule has 0 aromatic rings. The number of rotatable bonds is 4. The summed E-state index contributed by atoms with van der Waals surface area (Å²) in [6.07, 6.45) is 0. The lowest BCUT2D eigenvalue weighted by atomic mass is 10.3. The lowest BCUT2D eigenvalue weighted by Crippen LogP contribution is -2.34. The number of carboxylic acids is 1. The second-order valence-electron chi connectivity index (χ2n) is 3.03. The molecule has 1 fully saturated rings. The van der Waals surface area contributed by atoms with Crippen LogP contribution in [-0.4, -0.2) is 53.7 Å². The Bertz CT molecular complexity index is 291. The molecule has 1 rings (SSSR count). The van der Waals surface area contributed by atoms with Gasteiger partial charge in [-0.1, -0.05) is 0 Å². The van der Waals surface area contributed by atoms with Crippen LogP contribution in [0.4, 0.5) is 4.79 Å². The summed E-state index contributed by atoms with van der Waals surface area (Å²) in [6, 6.07) is -1.51. The SMILES string of the molecule is CCOC(=O)CN1C[C@@H](C(=O)O)NC1=O. The van der Waals surface area contributed by atoms with E-state index in [4.69, 9.17) is 5.11 Å². The van der Waals surface area contributed by atoms with Crippen molar-refractivity contribution in [3.63, 3.8) is 0 Å². The topological polar surface area (TPSA) is 95.9 Å². The summed E-state index contributed by atoms with van der Waals surface area (Å²) in [4.78, 5) is 33.9. The van der Waals surface area contributed by atoms with E-state index >= 15 is 0 Å². The fraction of sp³-hybridized carbons (Fsp3) is 0.625. The maximum Gasteiger partial charge on any atom is 0.328 e. The first-order chi connectivity index (χ1) is 7.04. The van der Waals surface area contributed by atoms with E-state index in [1.54, 1.807) is 6.92 Å². The fourth-order valence-corrected chi connectivity index (χ4v) is 1.23. The fourth-order valence-electron chi connectivity index (χ4n) is 1.23. The van der Waals surface area contributed by atoms with E-state index in [2.05, 4.69) is 10.1 Å². The van der Waals surface area contributed by atoms with Crippen molar-refractivity contribution in [3.8, 4) is 0 Å². The first-order valence-electron chi connectivity index (χ1n) is 4.48. The van der Waals surface area contributed by atoms with E-state index in [1.165, 1.54) is 0 Å². The zero-order chi connectivity index (χ0) is 11.4. The Morgan fingerprint density at radius 2 is 2.33 bits per heavy atom. The second kappa shape index (κ2) is 4.63. The third-order valence-corrected chi connectivity index (χ3v) is 1.91. The summed E-state index contributed by atoms with van der Waals surface area (Å²) in [5.41, 5.74) is 0. The van der Waals surface area contributed by atoms with Gasteiger partial charge in [0.25, 0.3) is 0 Å². The van der Waals surface area contributed by atoms with Gasteiger partial charge in [-0.05, 0) is 6.92 Å². The number of carboxylic acid groups (broad SMARTS) is 1. The molecule has 7 heteroatoms. The number of carbonyl (C=O) groups is 3. The molecular formula is C8H12N2O5. The number of hydrogen-bond donors (Lipinski definition) is 2. The number of amides is 2. The van der Waals surface area contributed by atoms with Crippen molar-refractivity contribution in [1.82, 2.24) is 10.2 Å². The van der Waals surface area contributed by atoms with Crippen LogP contribution in [0.25, 0.3) is 0 Å². The molecule has 0 spiro atoms. The number of ether oxygens (including phenoxy) is 1. The monoisotopic (exact) mass is 216 g/mol. The van der Waals surface area contributed by atoms with Crippen LogP contribution in [0.5, 0.6) is 0 Å². The zero-order valence-corrected chi connectivity index (χ0v) is 8.23. The van der Waals surface area contributed by atoms with Gasteiger partial charge in [-0.3, -0.25) is 4.79 Å². The van der Waals surface area contributed by atoms with Gasteiger partial charge in [-0.15, -0.1) is 0 Å². The quantitative estimate of drug-likeness (QED) is 0.589. The van der Waals surface area contributed by atoms with Crippen LogP contribution < -0.4 is 5.32 Å². The molecule has 1 aliphatic heterocycles. The summed E-state index contributed by atoms with van der Waals surface area (Å²) >= 11 is 0. The minimum absolute atomic E-state index is 0.0209. The molecule has 0 saturated carbocycles. The lowest BCUT2D eigenvalue weighted by Gasteiger charge is -2.12. The Morgan fingerprint density at radius 3 is 2.80 bits per heavy atom. The molecule has 15 heavy (non-hydrogen) atoms. The molecule has 1 heterocycles. The average molecular weight is 216 g/mol. The normalized spacial score (nSPS) is 19.9. The molecule has 0 aliphatic carbocycles. The average Bonchev–Trinajstić information content (AvgIpc) is 2.48. The third kappa shape index (κ3) is 2.83. The minimum atomic E-state index is -1.12. The van der Waals surface area contributed by atoms with E-state index < -0.39 is 24.0 Å². The van der Waals surface area contributed by atoms with Crippen molar-refractivity contribution in [2.45, 2.75) is 13.0 Å². The van der Waals surface area contributed by atoms with Crippen LogP contribution in [0, 0.1) is 0 Å². The van der Waals surface area contributed by atoms with Crippen LogP contribution in [0.15, 0.2) is 0 Å². The molecule has 1 saturated heterocycles. The Kier molecular flexibility index (Phi) is 3.48. The number of urea groups is 1. The summed E-state index contributed by atoms with van der Waals surface area (Å²) in [5.74, 6) is -1.66. The highest BCUT2D eigenvalue weighted by Crippen LogP contribution is 2.04. The molecule has 2 N–H and O–H groups in total. The van der Waals surface area contributed by atoms with Crippen LogP contribution in [-0.2, 0) is 14.3 Å². The molecule has 0 unspecified atom stereocenters. The van der Waals surface area contributed by atoms with E-state index in [0.717, 1.165) is 4.90 Å². The molecule has 2 amide bonds. The first-order valence-corrected chi connectivity index (χ1v) is 4.48. The number of hydrogen-bond acceptors (Lipinski definition) is 4. The maximum absolute atomic E-state index is 11.2. The Balaban J connectivity index is 2.47. The second-order valence-corrected chi connectivity index (χ2v) is 3.03. The maximum atomic E-state index is 11.2. The molecule has 1 atom stereocenters. The number of aliphatic carboxylic acids is 1. The first kappa shape index (κ1) is 11.3. The van der Waals surface area contributed by atoms with Crippen molar-refractivity contribution in [2.75, 3.05) is 19.7 Å². The molecule has 84 valence electrons. The van der Waals surface area contributed by atoms with Gasteiger partial charge < -0.3 is 20.1 Å². The van der Waals surface area contributed by atoms with Crippen molar-refractivity contribution in [1.29, 1.82) is 0 Å². The largest absolute Gasteiger partial charge is 0.480 e. The third-order valence-electron chi connectivity index (χ3n) is 1.91. The molecule has 0 bridgehead atoms. The Morgan fingerprint density at radius 1 is 1.67 bits per heavy atom. The Labute approximate surface area is 86.0 Å². The Hall–Kier alpha value is -1.79. The van der Waals surface area contributed by atoms with Crippen LogP contribution in [0.2, 0.25) is 0 Å². The van der Waals surface area contributed by atoms with Crippen LogP contribution >= 0.6 is 0 Å². The summed E-state index contributed by atoms with van der Waals surface area (Å²) < 4.78 is 4.64. The van der Waals surface area contributed by atoms with Gasteiger partial charge in [0.05, 0.1) is 13.2 Å². The standard InChI is InChI=1S/C8H12N2O5/c1-2-15-6(11)4-10-3-5(7(12)13)9-8(10)14/h5H,2-4H2,1H3,(H,9,14)(H,12,13)/t5-/m0/s1. The van der Waals surface area contributed by atoms with Gasteiger partial charge in [0.2, 0.25) is 0 Å². The van der Waals surface area contributed by atoms with E-state index in [9.17, 15) is 14.4 Å². The van der Waals surface area contributed by atoms with Gasteiger partial charge in [0, 0.05) is 0 Å². The van der Waals surface area contributed by atoms with Gasteiger partial charge in [-0.25, -0.2) is 9.59 Å². The van der Waals surface area contributed by atoms with Crippen molar-refractivity contribution < 1.29 is 24.2 Å². The number of nitrogens with zero attached hydrogens (tertiary/aromatic N) is 1.